The van der Waals surface area contributed by atoms with Crippen molar-refractivity contribution in [3.8, 4) is 0 Å². The molecule has 0 atom stereocenters. The number of imide groups is 1. The van der Waals surface area contributed by atoms with Gasteiger partial charge in [-0.1, -0.05) is 0 Å². The minimum atomic E-state index is -2.47. The van der Waals surface area contributed by atoms with Crippen molar-refractivity contribution in [1.82, 2.24) is 5.32 Å². The molecule has 1 saturated heterocycles. The monoisotopic (exact) mass is 447 g/mol. The van der Waals surface area contributed by atoms with Gasteiger partial charge in [-0.25, -0.2) is 0 Å². The quantitative estimate of drug-likeness (QED) is 0.720. The Balaban J connectivity index is 1.61. The normalized spacial score (nSPS) is 20.4. The van der Waals surface area contributed by atoms with Crippen LogP contribution >= 0.6 is 11.8 Å². The summed E-state index contributed by atoms with van der Waals surface area (Å²) in [6.07, 6.45) is 3.31. The summed E-state index contributed by atoms with van der Waals surface area (Å²) < 4.78 is 4.20. The molecule has 25 heavy (non-hydrogen) atoms. The summed E-state index contributed by atoms with van der Waals surface area (Å²) in [5, 5.41) is 2.18. The molecular formula is C20H14InNO2S. The van der Waals surface area contributed by atoms with Gasteiger partial charge in [0.2, 0.25) is 0 Å². The second-order valence-electron chi connectivity index (χ2n) is 6.71. The molecule has 1 fully saturated rings. The average Bonchev–Trinajstić information content (AvgIpc) is 3.13. The molecule has 5 rings (SSSR count). The SMILES string of the molecule is Cc1cccc(C[C]2=Cc3c4ccc[c]3[In]2/[C]4=C2\SC(=O)NC2=O)c1. The molecule has 2 amide bonds. The van der Waals surface area contributed by atoms with Crippen LogP contribution in [0, 0.1) is 6.92 Å². The molecule has 2 aromatic rings. The first-order valence-corrected chi connectivity index (χ1v) is 14.0. The first-order valence-electron chi connectivity index (χ1n) is 8.28. The van der Waals surface area contributed by atoms with Crippen molar-refractivity contribution in [3.05, 3.63) is 73.0 Å². The van der Waals surface area contributed by atoms with Crippen molar-refractivity contribution < 1.29 is 9.59 Å². The standard InChI is InChI=1S/C20H14NO2S.In/c1-14-6-4-7-15(12-14)8-5-11-16-9-2-3-10-17(16)13-18-19(22)21-20(23)24-18;/h2-4,6-7,10-12H,8H2,1H3,(H,21,22,23);. The van der Waals surface area contributed by atoms with Crippen molar-refractivity contribution in [2.45, 2.75) is 13.3 Å². The van der Waals surface area contributed by atoms with E-state index < -0.39 is 21.4 Å². The van der Waals surface area contributed by atoms with Crippen molar-refractivity contribution in [2.75, 3.05) is 0 Å². The van der Waals surface area contributed by atoms with Gasteiger partial charge in [-0.3, -0.25) is 0 Å². The fourth-order valence-electron chi connectivity index (χ4n) is 4.15. The number of carbonyl (C=O) groups excluding carboxylic acids is 2. The van der Waals surface area contributed by atoms with Crippen molar-refractivity contribution >= 4 is 57.1 Å². The Morgan fingerprint density at radius 1 is 1.12 bits per heavy atom. The molecule has 0 aromatic heterocycles. The summed E-state index contributed by atoms with van der Waals surface area (Å²) in [4.78, 5) is 24.6. The molecule has 4 bridgehead atoms. The van der Waals surface area contributed by atoms with Crippen LogP contribution in [-0.4, -0.2) is 32.6 Å². The molecule has 0 spiro atoms. The summed E-state index contributed by atoms with van der Waals surface area (Å²) in [7, 11) is 0. The fourth-order valence-corrected chi connectivity index (χ4v) is 16.6. The van der Waals surface area contributed by atoms with E-state index in [1.165, 1.54) is 32.2 Å². The maximum atomic E-state index is 12.3. The van der Waals surface area contributed by atoms with E-state index in [0.717, 1.165) is 18.2 Å². The fraction of sp³-hybridized carbons (Fsp3) is 0.100. The Kier molecular flexibility index (Phi) is 3.51. The first kappa shape index (κ1) is 15.5. The number of hydrogen-bond acceptors (Lipinski definition) is 3. The summed E-state index contributed by atoms with van der Waals surface area (Å²) >= 11 is -1.39. The van der Waals surface area contributed by atoms with Gasteiger partial charge in [-0.2, -0.15) is 0 Å². The molecule has 1 N–H and O–H groups in total. The Labute approximate surface area is 157 Å². The van der Waals surface area contributed by atoms with Gasteiger partial charge >= 0.3 is 158 Å². The summed E-state index contributed by atoms with van der Waals surface area (Å²) in [6.45, 7) is 2.12. The molecule has 3 aliphatic heterocycles. The Morgan fingerprint density at radius 3 is 2.68 bits per heavy atom. The number of aryl methyl sites for hydroxylation is 1. The zero-order chi connectivity index (χ0) is 17.1. The molecule has 3 nitrogen and oxygen atoms in total. The molecule has 3 heterocycles. The molecule has 5 heteroatoms. The molecule has 0 saturated carbocycles. The van der Waals surface area contributed by atoms with Crippen molar-refractivity contribution in [2.24, 2.45) is 0 Å². The average molecular weight is 447 g/mol. The van der Waals surface area contributed by atoms with Crippen LogP contribution in [0.5, 0.6) is 0 Å². The molecule has 0 unspecified atom stereocenters. The molecular weight excluding hydrogens is 433 g/mol. The first-order chi connectivity index (χ1) is 12.1. The van der Waals surface area contributed by atoms with Crippen LogP contribution in [0.1, 0.15) is 22.3 Å². The van der Waals surface area contributed by atoms with Crippen molar-refractivity contribution in [1.29, 1.82) is 0 Å². The summed E-state index contributed by atoms with van der Waals surface area (Å²) in [5.74, 6) is -0.211. The van der Waals surface area contributed by atoms with Gasteiger partial charge in [0.15, 0.2) is 0 Å². The molecule has 0 radical (unpaired) electrons. The number of rotatable bonds is 2. The number of nitrogens with one attached hydrogen (secondary N) is 1. The summed E-state index contributed by atoms with van der Waals surface area (Å²) in [6, 6.07) is 15.1. The van der Waals surface area contributed by atoms with Crippen LogP contribution in [-0.2, 0) is 11.2 Å². The topological polar surface area (TPSA) is 46.2 Å². The van der Waals surface area contributed by atoms with E-state index in [-0.39, 0.29) is 11.1 Å². The molecule has 0 aliphatic carbocycles. The zero-order valence-corrected chi connectivity index (χ0v) is 17.7. The zero-order valence-electron chi connectivity index (χ0n) is 13.6. The van der Waals surface area contributed by atoms with E-state index in [0.29, 0.717) is 4.91 Å². The van der Waals surface area contributed by atoms with E-state index >= 15 is 0 Å². The van der Waals surface area contributed by atoms with Crippen LogP contribution in [0.15, 0.2) is 50.7 Å². The molecule has 2 aromatic carbocycles. The Bertz CT molecular complexity index is 1040. The number of allylic oxidation sites excluding steroid dienone is 1. The number of amides is 2. The number of benzene rings is 2. The van der Waals surface area contributed by atoms with Gasteiger partial charge in [0, 0.05) is 0 Å². The predicted molar refractivity (Wildman–Crippen MR) is 103 cm³/mol. The van der Waals surface area contributed by atoms with E-state index in [9.17, 15) is 9.59 Å². The van der Waals surface area contributed by atoms with Crippen LogP contribution < -0.4 is 8.64 Å². The Morgan fingerprint density at radius 2 is 1.96 bits per heavy atom. The second-order valence-corrected chi connectivity index (χ2v) is 15.7. The number of thioether (sulfide) groups is 1. The van der Waals surface area contributed by atoms with Crippen molar-refractivity contribution in [3.63, 3.8) is 0 Å². The maximum absolute atomic E-state index is 12.3. The predicted octanol–water partition coefficient (Wildman–Crippen LogP) is 3.12. The number of carbonyl (C=O) groups is 2. The third-order valence-electron chi connectivity index (χ3n) is 5.08. The molecule has 120 valence electrons. The Hall–Kier alpha value is -1.72. The van der Waals surface area contributed by atoms with E-state index in [1.807, 2.05) is 0 Å². The number of hydrogen-bond donors (Lipinski definition) is 1. The van der Waals surface area contributed by atoms with Gasteiger partial charge in [0.1, 0.15) is 0 Å². The van der Waals surface area contributed by atoms with Crippen LogP contribution in [0.4, 0.5) is 4.79 Å². The van der Waals surface area contributed by atoms with Crippen LogP contribution in [0.25, 0.3) is 9.41 Å². The summed E-state index contributed by atoms with van der Waals surface area (Å²) in [5.41, 5.74) is 5.10. The van der Waals surface area contributed by atoms with Gasteiger partial charge in [-0.05, 0) is 0 Å². The van der Waals surface area contributed by atoms with Gasteiger partial charge in [-0.15, -0.1) is 0 Å². The minimum absolute atomic E-state index is 0.211. The second kappa shape index (κ2) is 5.64. The van der Waals surface area contributed by atoms with Gasteiger partial charge in [0.05, 0.1) is 0 Å². The molecule has 3 aliphatic rings. The third-order valence-corrected chi connectivity index (χ3v) is 16.3. The van der Waals surface area contributed by atoms with Crippen LogP contribution in [0.2, 0.25) is 0 Å². The van der Waals surface area contributed by atoms with Gasteiger partial charge < -0.3 is 0 Å². The van der Waals surface area contributed by atoms with E-state index in [1.54, 1.807) is 0 Å². The van der Waals surface area contributed by atoms with E-state index in [2.05, 4.69) is 60.8 Å². The van der Waals surface area contributed by atoms with Gasteiger partial charge in [0.25, 0.3) is 0 Å². The van der Waals surface area contributed by atoms with E-state index in [4.69, 9.17) is 0 Å². The third kappa shape index (κ3) is 2.36. The van der Waals surface area contributed by atoms with Crippen LogP contribution in [0.3, 0.4) is 0 Å².